The lowest BCUT2D eigenvalue weighted by Gasteiger charge is -2.05. The van der Waals surface area contributed by atoms with Crippen molar-refractivity contribution in [2.75, 3.05) is 0 Å². The first kappa shape index (κ1) is 10.9. The van der Waals surface area contributed by atoms with Crippen molar-refractivity contribution in [3.63, 3.8) is 0 Å². The zero-order valence-corrected chi connectivity index (χ0v) is 9.44. The molecule has 0 spiro atoms. The Morgan fingerprint density at radius 1 is 1.50 bits per heavy atom. The number of hydrogen-bond donors (Lipinski definition) is 0. The zero-order chi connectivity index (χ0) is 11.5. The van der Waals surface area contributed by atoms with Gasteiger partial charge in [-0.25, -0.2) is 4.98 Å². The highest BCUT2D eigenvalue weighted by molar-refractivity contribution is 6.34. The molecule has 0 aliphatic carbocycles. The predicted molar refractivity (Wildman–Crippen MR) is 65.8 cm³/mol. The number of benzene rings is 1. The van der Waals surface area contributed by atoms with Crippen LogP contribution in [0.5, 0.6) is 0 Å². The summed E-state index contributed by atoms with van der Waals surface area (Å²) in [5, 5.41) is 1.06. The first-order chi connectivity index (χ1) is 7.74. The molecule has 0 N–H and O–H groups in total. The highest BCUT2D eigenvalue weighted by Gasteiger charge is 2.05. The molecular weight excluding hydrogens is 224 g/mol. The Morgan fingerprint density at radius 3 is 3.06 bits per heavy atom. The van der Waals surface area contributed by atoms with E-state index < -0.39 is 0 Å². The molecule has 0 saturated heterocycles. The fourth-order valence-corrected chi connectivity index (χ4v) is 1.77. The van der Waals surface area contributed by atoms with E-state index >= 15 is 0 Å². The van der Waals surface area contributed by atoms with Gasteiger partial charge < -0.3 is 0 Å². The zero-order valence-electron chi connectivity index (χ0n) is 8.69. The molecule has 1 heterocycles. The van der Waals surface area contributed by atoms with Gasteiger partial charge in [0.05, 0.1) is 22.3 Å². The second kappa shape index (κ2) is 4.49. The van der Waals surface area contributed by atoms with Crippen molar-refractivity contribution in [2.45, 2.75) is 13.0 Å². The quantitative estimate of drug-likeness (QED) is 0.766. The fourth-order valence-electron chi connectivity index (χ4n) is 1.54. The highest BCUT2D eigenvalue weighted by atomic mass is 35.5. The third-order valence-electron chi connectivity index (χ3n) is 2.38. The van der Waals surface area contributed by atoms with Crippen molar-refractivity contribution in [1.29, 1.82) is 0 Å². The van der Waals surface area contributed by atoms with Crippen LogP contribution in [0.15, 0.2) is 42.0 Å². The number of allylic oxidation sites excluding steroid dienone is 1. The van der Waals surface area contributed by atoms with Crippen LogP contribution in [0.2, 0.25) is 5.02 Å². The monoisotopic (exact) mass is 234 g/mol. The van der Waals surface area contributed by atoms with E-state index in [1.165, 1.54) is 6.33 Å². The summed E-state index contributed by atoms with van der Waals surface area (Å²) in [6.07, 6.45) is 4.04. The van der Waals surface area contributed by atoms with Crippen molar-refractivity contribution in [1.82, 2.24) is 9.55 Å². The molecule has 2 rings (SSSR count). The number of aryl methyl sites for hydroxylation is 1. The van der Waals surface area contributed by atoms with Crippen LogP contribution in [0.3, 0.4) is 0 Å². The number of hydrogen-bond acceptors (Lipinski definition) is 2. The van der Waals surface area contributed by atoms with Gasteiger partial charge >= 0.3 is 0 Å². The van der Waals surface area contributed by atoms with Crippen molar-refractivity contribution >= 4 is 22.5 Å². The largest absolute Gasteiger partial charge is 0.298 e. The molecule has 16 heavy (non-hydrogen) atoms. The van der Waals surface area contributed by atoms with Crippen LogP contribution >= 0.6 is 11.6 Å². The molecule has 0 unspecified atom stereocenters. The van der Waals surface area contributed by atoms with Gasteiger partial charge in [0.25, 0.3) is 5.56 Å². The molecule has 0 amide bonds. The molecule has 0 fully saturated rings. The minimum Gasteiger partial charge on any atom is -0.298 e. The van der Waals surface area contributed by atoms with Crippen molar-refractivity contribution < 1.29 is 0 Å². The molecule has 0 atom stereocenters. The fraction of sp³-hybridized carbons (Fsp3) is 0.167. The Balaban J connectivity index is 2.61. The van der Waals surface area contributed by atoms with Gasteiger partial charge in [-0.3, -0.25) is 9.36 Å². The average molecular weight is 235 g/mol. The van der Waals surface area contributed by atoms with Gasteiger partial charge in [0.15, 0.2) is 0 Å². The predicted octanol–water partition coefficient (Wildman–Crippen LogP) is 2.63. The Labute approximate surface area is 98.0 Å². The summed E-state index contributed by atoms with van der Waals surface area (Å²) in [5.41, 5.74) is 0.498. The summed E-state index contributed by atoms with van der Waals surface area (Å²) in [7, 11) is 0. The highest BCUT2D eigenvalue weighted by Crippen LogP contribution is 2.17. The molecule has 0 aliphatic heterocycles. The molecule has 1 aromatic carbocycles. The number of rotatable bonds is 3. The van der Waals surface area contributed by atoms with Gasteiger partial charge in [-0.15, -0.1) is 6.58 Å². The first-order valence-corrected chi connectivity index (χ1v) is 5.36. The Hall–Kier alpha value is -1.61. The van der Waals surface area contributed by atoms with Crippen LogP contribution in [0.25, 0.3) is 10.9 Å². The van der Waals surface area contributed by atoms with E-state index in [4.69, 9.17) is 11.6 Å². The van der Waals surface area contributed by atoms with Gasteiger partial charge in [-0.2, -0.15) is 0 Å². The number of para-hydroxylation sites is 1. The van der Waals surface area contributed by atoms with Crippen molar-refractivity contribution in [2.24, 2.45) is 0 Å². The second-order valence-corrected chi connectivity index (χ2v) is 3.86. The molecule has 82 valence electrons. The van der Waals surface area contributed by atoms with E-state index in [9.17, 15) is 4.79 Å². The lowest BCUT2D eigenvalue weighted by atomic mass is 10.2. The molecule has 0 aliphatic rings. The van der Waals surface area contributed by atoms with E-state index in [0.29, 0.717) is 22.5 Å². The molecule has 0 saturated carbocycles. The number of aromatic nitrogens is 2. The maximum absolute atomic E-state index is 12.0. The molecule has 0 radical (unpaired) electrons. The van der Waals surface area contributed by atoms with Gasteiger partial charge in [0.2, 0.25) is 0 Å². The van der Waals surface area contributed by atoms with Crippen LogP contribution in [-0.2, 0) is 6.54 Å². The van der Waals surface area contributed by atoms with E-state index in [-0.39, 0.29) is 5.56 Å². The van der Waals surface area contributed by atoms with Gasteiger partial charge in [0, 0.05) is 6.54 Å². The molecular formula is C12H11ClN2O. The van der Waals surface area contributed by atoms with E-state index in [0.717, 1.165) is 6.42 Å². The Kier molecular flexibility index (Phi) is 3.06. The topological polar surface area (TPSA) is 34.9 Å². The van der Waals surface area contributed by atoms with Gasteiger partial charge in [-0.05, 0) is 18.6 Å². The molecule has 4 heteroatoms. The summed E-state index contributed by atoms with van der Waals surface area (Å²) in [6, 6.07) is 5.22. The first-order valence-electron chi connectivity index (χ1n) is 4.98. The molecule has 1 aromatic heterocycles. The van der Waals surface area contributed by atoms with E-state index in [1.807, 2.05) is 0 Å². The van der Waals surface area contributed by atoms with E-state index in [2.05, 4.69) is 11.6 Å². The second-order valence-electron chi connectivity index (χ2n) is 3.46. The van der Waals surface area contributed by atoms with Crippen LogP contribution in [0.4, 0.5) is 0 Å². The molecule has 2 aromatic rings. The average Bonchev–Trinajstić information content (AvgIpc) is 2.29. The van der Waals surface area contributed by atoms with Gasteiger partial charge in [-0.1, -0.05) is 23.7 Å². The molecule has 3 nitrogen and oxygen atoms in total. The van der Waals surface area contributed by atoms with Crippen molar-refractivity contribution in [3.8, 4) is 0 Å². The third kappa shape index (κ3) is 1.86. The van der Waals surface area contributed by atoms with Crippen LogP contribution in [0.1, 0.15) is 6.42 Å². The van der Waals surface area contributed by atoms with Crippen molar-refractivity contribution in [3.05, 3.63) is 52.6 Å². The normalized spacial score (nSPS) is 10.6. The standard InChI is InChI=1S/C12H11ClN2O/c1-2-3-7-15-8-14-11-9(12(15)16)5-4-6-10(11)13/h2,4-6,8H,1,3,7H2. The summed E-state index contributed by atoms with van der Waals surface area (Å²) in [6.45, 7) is 4.22. The number of halogens is 1. The lowest BCUT2D eigenvalue weighted by Crippen LogP contribution is -2.20. The minimum absolute atomic E-state index is 0.0608. The SMILES string of the molecule is C=CCCn1cnc2c(Cl)cccc2c1=O. The Morgan fingerprint density at radius 2 is 2.31 bits per heavy atom. The smallest absolute Gasteiger partial charge is 0.261 e. The van der Waals surface area contributed by atoms with Crippen LogP contribution in [0, 0.1) is 0 Å². The van der Waals surface area contributed by atoms with Gasteiger partial charge in [0.1, 0.15) is 0 Å². The summed E-state index contributed by atoms with van der Waals surface area (Å²) >= 11 is 5.96. The maximum atomic E-state index is 12.0. The van der Waals surface area contributed by atoms with Crippen LogP contribution < -0.4 is 5.56 Å². The summed E-state index contributed by atoms with van der Waals surface area (Å²) in [4.78, 5) is 16.2. The summed E-state index contributed by atoms with van der Waals surface area (Å²) in [5.74, 6) is 0. The maximum Gasteiger partial charge on any atom is 0.261 e. The molecule has 0 bridgehead atoms. The third-order valence-corrected chi connectivity index (χ3v) is 2.68. The number of fused-ring (bicyclic) bond motifs is 1. The minimum atomic E-state index is -0.0608. The number of nitrogens with zero attached hydrogens (tertiary/aromatic N) is 2. The Bertz CT molecular complexity index is 589. The lowest BCUT2D eigenvalue weighted by molar-refractivity contribution is 0.674. The van der Waals surface area contributed by atoms with E-state index in [1.54, 1.807) is 28.8 Å². The summed E-state index contributed by atoms with van der Waals surface area (Å²) < 4.78 is 1.57. The van der Waals surface area contributed by atoms with Crippen LogP contribution in [-0.4, -0.2) is 9.55 Å².